The first-order valence-electron chi connectivity index (χ1n) is 9.72. The normalized spacial score (nSPS) is 20.7. The summed E-state index contributed by atoms with van der Waals surface area (Å²) in [4.78, 5) is 26.1. The zero-order chi connectivity index (χ0) is 18.6. The van der Waals surface area contributed by atoms with Crippen molar-refractivity contribution in [3.05, 3.63) is 35.5 Å². The van der Waals surface area contributed by atoms with Crippen LogP contribution in [0.5, 0.6) is 0 Å². The third kappa shape index (κ3) is 3.80. The SMILES string of the molecule is CCc1[nH]ncc1C(=O)N1CCCC(c2cc(N3CCOCC3)ncn2)C1. The molecule has 2 aliphatic rings. The molecule has 2 saturated heterocycles. The third-order valence-electron chi connectivity index (χ3n) is 5.44. The highest BCUT2D eigenvalue weighted by molar-refractivity contribution is 5.95. The first-order valence-corrected chi connectivity index (χ1v) is 9.72. The number of piperidine rings is 1. The smallest absolute Gasteiger partial charge is 0.257 e. The van der Waals surface area contributed by atoms with Crippen LogP contribution in [0.1, 0.15) is 47.4 Å². The Bertz CT molecular complexity index is 786. The second kappa shape index (κ2) is 8.04. The van der Waals surface area contributed by atoms with Crippen LogP contribution in [-0.4, -0.2) is 70.4 Å². The quantitative estimate of drug-likeness (QED) is 0.880. The fraction of sp³-hybridized carbons (Fsp3) is 0.579. The molecule has 0 radical (unpaired) electrons. The van der Waals surface area contributed by atoms with Gasteiger partial charge >= 0.3 is 0 Å². The number of aromatic nitrogens is 4. The van der Waals surface area contributed by atoms with Gasteiger partial charge in [0.15, 0.2) is 0 Å². The van der Waals surface area contributed by atoms with Crippen molar-refractivity contribution in [2.45, 2.75) is 32.1 Å². The maximum absolute atomic E-state index is 12.9. The number of nitrogens with one attached hydrogen (secondary N) is 1. The Morgan fingerprint density at radius 2 is 2.15 bits per heavy atom. The molecule has 4 rings (SSSR count). The number of likely N-dealkylation sites (tertiary alicyclic amines) is 1. The summed E-state index contributed by atoms with van der Waals surface area (Å²) in [6.45, 7) is 6.66. The third-order valence-corrected chi connectivity index (χ3v) is 5.44. The molecule has 144 valence electrons. The van der Waals surface area contributed by atoms with Gasteiger partial charge in [-0.15, -0.1) is 0 Å². The molecule has 0 spiro atoms. The number of rotatable bonds is 4. The van der Waals surface area contributed by atoms with Gasteiger partial charge in [0.05, 0.1) is 30.7 Å². The number of carbonyl (C=O) groups excluding carboxylic acids is 1. The molecule has 2 aromatic heterocycles. The van der Waals surface area contributed by atoms with E-state index in [1.54, 1.807) is 12.5 Å². The van der Waals surface area contributed by atoms with Crippen LogP contribution in [0.15, 0.2) is 18.6 Å². The molecule has 1 atom stereocenters. The summed E-state index contributed by atoms with van der Waals surface area (Å²) in [6, 6.07) is 2.08. The first-order chi connectivity index (χ1) is 13.3. The number of hydrogen-bond acceptors (Lipinski definition) is 6. The van der Waals surface area contributed by atoms with Crippen LogP contribution in [0.25, 0.3) is 0 Å². The highest BCUT2D eigenvalue weighted by Gasteiger charge is 2.28. The van der Waals surface area contributed by atoms with E-state index in [0.717, 1.165) is 69.3 Å². The molecular weight excluding hydrogens is 344 g/mol. The summed E-state index contributed by atoms with van der Waals surface area (Å²) in [5.74, 6) is 1.25. The molecule has 4 heterocycles. The van der Waals surface area contributed by atoms with Crippen LogP contribution in [0, 0.1) is 0 Å². The summed E-state index contributed by atoms with van der Waals surface area (Å²) in [5.41, 5.74) is 2.61. The summed E-state index contributed by atoms with van der Waals surface area (Å²) in [7, 11) is 0. The lowest BCUT2D eigenvalue weighted by Gasteiger charge is -2.33. The largest absolute Gasteiger partial charge is 0.378 e. The van der Waals surface area contributed by atoms with Gasteiger partial charge in [0, 0.05) is 43.9 Å². The van der Waals surface area contributed by atoms with Crippen LogP contribution in [0.4, 0.5) is 5.82 Å². The first kappa shape index (κ1) is 17.9. The van der Waals surface area contributed by atoms with Gasteiger partial charge in [-0.1, -0.05) is 6.92 Å². The maximum atomic E-state index is 12.9. The second-order valence-electron chi connectivity index (χ2n) is 7.11. The van der Waals surface area contributed by atoms with Gasteiger partial charge < -0.3 is 14.5 Å². The van der Waals surface area contributed by atoms with E-state index in [2.05, 4.69) is 31.1 Å². The monoisotopic (exact) mass is 370 g/mol. The fourth-order valence-electron chi connectivity index (χ4n) is 3.89. The van der Waals surface area contributed by atoms with E-state index in [1.165, 1.54) is 0 Å². The minimum atomic E-state index is 0.0627. The molecular formula is C19H26N6O2. The minimum absolute atomic E-state index is 0.0627. The number of H-pyrrole nitrogens is 1. The van der Waals surface area contributed by atoms with E-state index in [0.29, 0.717) is 12.1 Å². The van der Waals surface area contributed by atoms with Gasteiger partial charge in [0.25, 0.3) is 5.91 Å². The molecule has 1 N–H and O–H groups in total. The van der Waals surface area contributed by atoms with Gasteiger partial charge in [0.2, 0.25) is 0 Å². The van der Waals surface area contributed by atoms with Crippen molar-refractivity contribution in [3.63, 3.8) is 0 Å². The number of aryl methyl sites for hydroxylation is 1. The van der Waals surface area contributed by atoms with Crippen molar-refractivity contribution >= 4 is 11.7 Å². The van der Waals surface area contributed by atoms with Crippen molar-refractivity contribution in [2.75, 3.05) is 44.3 Å². The van der Waals surface area contributed by atoms with Gasteiger partial charge in [-0.3, -0.25) is 9.89 Å². The zero-order valence-corrected chi connectivity index (χ0v) is 15.7. The molecule has 1 unspecified atom stereocenters. The van der Waals surface area contributed by atoms with Gasteiger partial charge in [-0.25, -0.2) is 9.97 Å². The molecule has 1 amide bonds. The lowest BCUT2D eigenvalue weighted by atomic mass is 9.94. The van der Waals surface area contributed by atoms with Gasteiger partial charge in [-0.05, 0) is 19.3 Å². The van der Waals surface area contributed by atoms with E-state index in [1.807, 2.05) is 11.8 Å². The van der Waals surface area contributed by atoms with E-state index in [4.69, 9.17) is 4.74 Å². The Morgan fingerprint density at radius 1 is 1.30 bits per heavy atom. The van der Waals surface area contributed by atoms with Crippen molar-refractivity contribution in [2.24, 2.45) is 0 Å². The molecule has 2 aliphatic heterocycles. The van der Waals surface area contributed by atoms with Gasteiger partial charge in [0.1, 0.15) is 12.1 Å². The number of morpholine rings is 1. The summed E-state index contributed by atoms with van der Waals surface area (Å²) >= 11 is 0. The number of aromatic amines is 1. The number of carbonyl (C=O) groups is 1. The Balaban J connectivity index is 1.49. The summed E-state index contributed by atoms with van der Waals surface area (Å²) in [5, 5.41) is 6.97. The van der Waals surface area contributed by atoms with E-state index in [9.17, 15) is 4.79 Å². The Hall–Kier alpha value is -2.48. The van der Waals surface area contributed by atoms with E-state index in [-0.39, 0.29) is 11.8 Å². The molecule has 8 heteroatoms. The fourth-order valence-corrected chi connectivity index (χ4v) is 3.89. The molecule has 2 fully saturated rings. The lowest BCUT2D eigenvalue weighted by Crippen LogP contribution is -2.40. The average Bonchev–Trinajstić information content (AvgIpc) is 3.23. The molecule has 0 saturated carbocycles. The summed E-state index contributed by atoms with van der Waals surface area (Å²) < 4.78 is 5.43. The second-order valence-corrected chi connectivity index (χ2v) is 7.11. The van der Waals surface area contributed by atoms with E-state index >= 15 is 0 Å². The number of ether oxygens (including phenoxy) is 1. The van der Waals surface area contributed by atoms with Crippen LogP contribution < -0.4 is 4.90 Å². The van der Waals surface area contributed by atoms with Crippen LogP contribution in [0.3, 0.4) is 0 Å². The highest BCUT2D eigenvalue weighted by atomic mass is 16.5. The molecule has 0 bridgehead atoms. The number of nitrogens with zero attached hydrogens (tertiary/aromatic N) is 5. The predicted octanol–water partition coefficient (Wildman–Crippen LogP) is 1.62. The maximum Gasteiger partial charge on any atom is 0.257 e. The van der Waals surface area contributed by atoms with Crippen LogP contribution in [0.2, 0.25) is 0 Å². The minimum Gasteiger partial charge on any atom is -0.378 e. The van der Waals surface area contributed by atoms with Crippen LogP contribution in [-0.2, 0) is 11.2 Å². The van der Waals surface area contributed by atoms with Crippen molar-refractivity contribution in [3.8, 4) is 0 Å². The number of anilines is 1. The highest BCUT2D eigenvalue weighted by Crippen LogP contribution is 2.28. The average molecular weight is 370 g/mol. The number of amides is 1. The van der Waals surface area contributed by atoms with Crippen molar-refractivity contribution < 1.29 is 9.53 Å². The summed E-state index contributed by atoms with van der Waals surface area (Å²) in [6.07, 6.45) is 6.08. The Morgan fingerprint density at radius 3 is 2.96 bits per heavy atom. The Kier molecular flexibility index (Phi) is 5.33. The predicted molar refractivity (Wildman–Crippen MR) is 101 cm³/mol. The zero-order valence-electron chi connectivity index (χ0n) is 15.7. The Labute approximate surface area is 158 Å². The number of hydrogen-bond donors (Lipinski definition) is 1. The van der Waals surface area contributed by atoms with Crippen molar-refractivity contribution in [1.82, 2.24) is 25.1 Å². The molecule has 8 nitrogen and oxygen atoms in total. The standard InChI is InChI=1S/C19H26N6O2/c1-2-16-15(11-22-23-16)19(26)25-5-3-4-14(12-25)17-10-18(21-13-20-17)24-6-8-27-9-7-24/h10-11,13-14H,2-9,12H2,1H3,(H,22,23). The molecule has 27 heavy (non-hydrogen) atoms. The topological polar surface area (TPSA) is 87.2 Å². The molecule has 0 aromatic carbocycles. The van der Waals surface area contributed by atoms with Gasteiger partial charge in [-0.2, -0.15) is 5.10 Å². The van der Waals surface area contributed by atoms with E-state index < -0.39 is 0 Å². The lowest BCUT2D eigenvalue weighted by molar-refractivity contribution is 0.0705. The van der Waals surface area contributed by atoms with Crippen molar-refractivity contribution in [1.29, 1.82) is 0 Å². The molecule has 0 aliphatic carbocycles. The molecule has 2 aromatic rings. The van der Waals surface area contributed by atoms with Crippen LogP contribution >= 0.6 is 0 Å².